The summed E-state index contributed by atoms with van der Waals surface area (Å²) in [6.45, 7) is 1.83. The van der Waals surface area contributed by atoms with E-state index in [9.17, 15) is 14.7 Å². The van der Waals surface area contributed by atoms with E-state index in [-0.39, 0.29) is 24.0 Å². The van der Waals surface area contributed by atoms with Gasteiger partial charge in [-0.2, -0.15) is 5.10 Å². The lowest BCUT2D eigenvalue weighted by Crippen LogP contribution is -2.56. The van der Waals surface area contributed by atoms with Gasteiger partial charge in [0.15, 0.2) is 0 Å². The molecule has 2 heterocycles. The summed E-state index contributed by atoms with van der Waals surface area (Å²) in [5, 5.41) is 22.9. The summed E-state index contributed by atoms with van der Waals surface area (Å²) < 4.78 is 29.3. The standard InChI is InChI=1S/C46H50Cl2FN5O5/c1-53(46-16-13-45(14-17-46,15-18-46)44(56)57)26-30-19-37(47)29(22-40(30)58-2)27-54-39-11-6-9-33(35(39)25-51-54)34-10-5-8-32(43(34)48)28-20-38(49)36(41(21-28)59-3)24-50-23-31-7-4-12-42(55)52-31/h5-6,8-11,19-22,25,31,50H,4,7,12-18,23-24,26-27H2,1-3H3,(H,52,55)(H,56,57)/t31-,45?,46?/m0/s1. The maximum atomic E-state index is 15.8. The molecule has 1 saturated heterocycles. The number of benzene rings is 4. The molecule has 2 bridgehead atoms. The summed E-state index contributed by atoms with van der Waals surface area (Å²) >= 11 is 14.2. The van der Waals surface area contributed by atoms with Gasteiger partial charge in [-0.15, -0.1) is 0 Å². The normalized spacial score (nSPS) is 21.5. The molecule has 310 valence electrons. The van der Waals surface area contributed by atoms with Gasteiger partial charge in [-0.3, -0.25) is 19.2 Å². The largest absolute Gasteiger partial charge is 0.496 e. The maximum absolute atomic E-state index is 15.8. The number of aliphatic carboxylic acids is 1. The number of amides is 1. The van der Waals surface area contributed by atoms with Crippen molar-refractivity contribution in [2.75, 3.05) is 27.8 Å². The fourth-order valence-corrected chi connectivity index (χ4v) is 10.3. The molecule has 3 saturated carbocycles. The Morgan fingerprint density at radius 3 is 2.41 bits per heavy atom. The molecule has 5 aromatic rings. The highest BCUT2D eigenvalue weighted by Crippen LogP contribution is 2.55. The van der Waals surface area contributed by atoms with E-state index in [1.54, 1.807) is 7.11 Å². The van der Waals surface area contributed by atoms with Crippen molar-refractivity contribution in [2.24, 2.45) is 5.41 Å². The number of nitrogens with zero attached hydrogens (tertiary/aromatic N) is 3. The molecule has 13 heteroatoms. The number of rotatable bonds is 14. The van der Waals surface area contributed by atoms with Crippen LogP contribution in [0.2, 0.25) is 10.0 Å². The van der Waals surface area contributed by atoms with Crippen molar-refractivity contribution in [1.29, 1.82) is 0 Å². The minimum absolute atomic E-state index is 0.0220. The highest BCUT2D eigenvalue weighted by molar-refractivity contribution is 6.36. The number of ether oxygens (including phenoxy) is 2. The van der Waals surface area contributed by atoms with Crippen LogP contribution < -0.4 is 20.1 Å². The van der Waals surface area contributed by atoms with Gasteiger partial charge in [0, 0.05) is 70.3 Å². The van der Waals surface area contributed by atoms with E-state index in [2.05, 4.69) is 22.6 Å². The van der Waals surface area contributed by atoms with Gasteiger partial charge in [0.05, 0.1) is 42.9 Å². The fraction of sp³-hybridized carbons (Fsp3) is 0.413. The average molecular weight is 843 g/mol. The van der Waals surface area contributed by atoms with Crippen LogP contribution in [0.25, 0.3) is 33.2 Å². The van der Waals surface area contributed by atoms with Gasteiger partial charge in [-0.05, 0) is 105 Å². The number of carbonyl (C=O) groups is 2. The summed E-state index contributed by atoms with van der Waals surface area (Å²) in [5.74, 6) is 0.140. The van der Waals surface area contributed by atoms with Gasteiger partial charge in [0.25, 0.3) is 0 Å². The van der Waals surface area contributed by atoms with Crippen molar-refractivity contribution in [2.45, 2.75) is 89.0 Å². The predicted molar refractivity (Wildman–Crippen MR) is 229 cm³/mol. The predicted octanol–water partition coefficient (Wildman–Crippen LogP) is 9.25. The van der Waals surface area contributed by atoms with E-state index in [4.69, 9.17) is 37.8 Å². The summed E-state index contributed by atoms with van der Waals surface area (Å²) in [6, 6.07) is 19.0. The van der Waals surface area contributed by atoms with Crippen LogP contribution in [0.1, 0.15) is 74.5 Å². The number of aromatic nitrogens is 2. The molecule has 4 aliphatic rings. The molecule has 0 unspecified atom stereocenters. The Balaban J connectivity index is 1.01. The molecule has 3 aliphatic carbocycles. The van der Waals surface area contributed by atoms with Crippen molar-refractivity contribution >= 4 is 46.0 Å². The second kappa shape index (κ2) is 16.8. The third-order valence-corrected chi connectivity index (χ3v) is 14.1. The van der Waals surface area contributed by atoms with Gasteiger partial charge >= 0.3 is 5.97 Å². The minimum Gasteiger partial charge on any atom is -0.496 e. The van der Waals surface area contributed by atoms with Gasteiger partial charge < -0.3 is 25.2 Å². The highest BCUT2D eigenvalue weighted by Gasteiger charge is 2.54. The van der Waals surface area contributed by atoms with Gasteiger partial charge in [-0.1, -0.05) is 53.5 Å². The van der Waals surface area contributed by atoms with Crippen molar-refractivity contribution in [3.8, 4) is 33.8 Å². The van der Waals surface area contributed by atoms with Gasteiger partial charge in [0.1, 0.15) is 17.3 Å². The van der Waals surface area contributed by atoms with E-state index >= 15 is 4.39 Å². The van der Waals surface area contributed by atoms with Crippen LogP contribution in [-0.2, 0) is 29.2 Å². The third kappa shape index (κ3) is 7.90. The molecule has 1 aliphatic heterocycles. The first kappa shape index (κ1) is 41.1. The SMILES string of the molecule is COc1cc(Cn2ncc3c(-c4cccc(-c5cc(F)c(CNC[C@@H]6CCCC(=O)N6)c(OC)c5)c4Cl)cccc32)c(Cl)cc1CN(C)C12CCC(C(=O)O)(CC1)CC2. The molecule has 9 rings (SSSR count). The molecule has 1 amide bonds. The Hall–Kier alpha value is -4.68. The monoisotopic (exact) mass is 841 g/mol. The summed E-state index contributed by atoms with van der Waals surface area (Å²) in [5.41, 5.74) is 5.49. The zero-order valence-corrected chi connectivity index (χ0v) is 35.2. The molecule has 4 aromatic carbocycles. The number of hydrogen-bond acceptors (Lipinski definition) is 7. The number of carboxylic acid groups (broad SMARTS) is 1. The van der Waals surface area contributed by atoms with Crippen LogP contribution in [0.15, 0.2) is 66.9 Å². The lowest BCUT2D eigenvalue weighted by atomic mass is 9.57. The molecular weight excluding hydrogens is 792 g/mol. The number of piperidine rings is 1. The van der Waals surface area contributed by atoms with E-state index in [0.717, 1.165) is 71.0 Å². The molecule has 10 nitrogen and oxygen atoms in total. The Morgan fingerprint density at radius 2 is 1.69 bits per heavy atom. The smallest absolute Gasteiger partial charge is 0.309 e. The quantitative estimate of drug-likeness (QED) is 0.101. The van der Waals surface area contributed by atoms with Crippen LogP contribution in [0.4, 0.5) is 4.39 Å². The fourth-order valence-electron chi connectivity index (χ4n) is 9.67. The zero-order valence-electron chi connectivity index (χ0n) is 33.7. The number of halogens is 3. The molecule has 3 N–H and O–H groups in total. The maximum Gasteiger partial charge on any atom is 0.309 e. The Morgan fingerprint density at radius 1 is 0.983 bits per heavy atom. The summed E-state index contributed by atoms with van der Waals surface area (Å²) in [6.07, 6.45) is 8.88. The molecule has 0 radical (unpaired) electrons. The molecule has 1 aromatic heterocycles. The number of fused-ring (bicyclic) bond motifs is 4. The minimum atomic E-state index is -0.651. The number of methoxy groups -OCH3 is 2. The van der Waals surface area contributed by atoms with Crippen LogP contribution in [0.5, 0.6) is 11.5 Å². The van der Waals surface area contributed by atoms with Crippen molar-refractivity contribution in [3.63, 3.8) is 0 Å². The lowest BCUT2D eigenvalue weighted by Gasteiger charge is -2.55. The highest BCUT2D eigenvalue weighted by atomic mass is 35.5. The van der Waals surface area contributed by atoms with Crippen LogP contribution >= 0.6 is 23.2 Å². The lowest BCUT2D eigenvalue weighted by molar-refractivity contribution is -0.160. The third-order valence-electron chi connectivity index (χ3n) is 13.3. The zero-order chi connectivity index (χ0) is 41.5. The topological polar surface area (TPSA) is 118 Å². The second-order valence-electron chi connectivity index (χ2n) is 16.6. The van der Waals surface area contributed by atoms with Crippen molar-refractivity contribution < 1.29 is 28.6 Å². The van der Waals surface area contributed by atoms with Crippen LogP contribution in [0.3, 0.4) is 0 Å². The van der Waals surface area contributed by atoms with E-state index in [1.165, 1.54) is 13.2 Å². The Kier molecular flexibility index (Phi) is 11.7. The summed E-state index contributed by atoms with van der Waals surface area (Å²) in [4.78, 5) is 26.2. The molecular formula is C46H50Cl2FN5O5. The Bertz CT molecular complexity index is 2390. The van der Waals surface area contributed by atoms with Crippen LogP contribution in [0, 0.1) is 11.2 Å². The first-order valence-electron chi connectivity index (χ1n) is 20.3. The van der Waals surface area contributed by atoms with Gasteiger partial charge in [0.2, 0.25) is 5.91 Å². The van der Waals surface area contributed by atoms with E-state index in [1.807, 2.05) is 65.5 Å². The second-order valence-corrected chi connectivity index (χ2v) is 17.3. The van der Waals surface area contributed by atoms with Crippen molar-refractivity contribution in [3.05, 3.63) is 99.4 Å². The molecule has 4 fully saturated rings. The number of carboxylic acids is 1. The number of hydrogen-bond donors (Lipinski definition) is 3. The first-order valence-corrected chi connectivity index (χ1v) is 21.1. The summed E-state index contributed by atoms with van der Waals surface area (Å²) in [7, 11) is 5.32. The van der Waals surface area contributed by atoms with Crippen molar-refractivity contribution in [1.82, 2.24) is 25.3 Å². The van der Waals surface area contributed by atoms with E-state index < -0.39 is 17.2 Å². The number of carbonyl (C=O) groups excluding carboxylic acids is 1. The number of nitrogens with one attached hydrogen (secondary N) is 2. The van der Waals surface area contributed by atoms with Gasteiger partial charge in [-0.25, -0.2) is 4.39 Å². The average Bonchev–Trinajstić information content (AvgIpc) is 3.65. The first-order chi connectivity index (χ1) is 28.4. The molecule has 59 heavy (non-hydrogen) atoms. The van der Waals surface area contributed by atoms with E-state index in [0.29, 0.717) is 77.8 Å². The molecule has 0 spiro atoms. The van der Waals surface area contributed by atoms with Crippen LogP contribution in [-0.4, -0.2) is 71.1 Å². The Labute approximate surface area is 354 Å². The molecule has 1 atom stereocenters.